The van der Waals surface area contributed by atoms with Gasteiger partial charge in [-0.1, -0.05) is 6.07 Å². The number of anilines is 1. The molecule has 1 amide bonds. The summed E-state index contributed by atoms with van der Waals surface area (Å²) >= 11 is 0. The number of hydrogen-bond acceptors (Lipinski definition) is 5. The molecule has 0 heterocycles. The van der Waals surface area contributed by atoms with Gasteiger partial charge in [-0.05, 0) is 12.1 Å². The Morgan fingerprint density at radius 2 is 1.85 bits per heavy atom. The monoisotopic (exact) mass is 269 g/mol. The van der Waals surface area contributed by atoms with E-state index < -0.39 is 23.0 Å². The van der Waals surface area contributed by atoms with Gasteiger partial charge in [-0.25, -0.2) is 4.39 Å². The number of carbonyl (C=O) groups excluding carboxylic acids is 1. The average molecular weight is 269 g/mol. The second kappa shape index (κ2) is 6.53. The summed E-state index contributed by atoms with van der Waals surface area (Å²) in [6.45, 7) is 0. The van der Waals surface area contributed by atoms with Gasteiger partial charge in [-0.15, -0.1) is 0 Å². The summed E-state index contributed by atoms with van der Waals surface area (Å²) in [4.78, 5) is 11.6. The Morgan fingerprint density at radius 1 is 1.20 bits per heavy atom. The van der Waals surface area contributed by atoms with Gasteiger partial charge in [0, 0.05) is 7.05 Å². The summed E-state index contributed by atoms with van der Waals surface area (Å²) in [6, 6.07) is 8.38. The molecule has 7 heteroatoms. The molecule has 0 spiro atoms. The minimum atomic E-state index is -0.783. The molecular formula is C13H8FN5O. The molecule has 0 atom stereocenters. The second-order valence-electron chi connectivity index (χ2n) is 3.45. The maximum absolute atomic E-state index is 13.8. The summed E-state index contributed by atoms with van der Waals surface area (Å²) in [6.07, 6.45) is 0. The molecule has 0 aliphatic heterocycles. The van der Waals surface area contributed by atoms with Gasteiger partial charge in [0.15, 0.2) is 5.57 Å². The van der Waals surface area contributed by atoms with E-state index in [0.29, 0.717) is 0 Å². The lowest BCUT2D eigenvalue weighted by atomic mass is 10.1. The highest BCUT2D eigenvalue weighted by molar-refractivity contribution is 6.00. The second-order valence-corrected chi connectivity index (χ2v) is 3.45. The highest BCUT2D eigenvalue weighted by Crippen LogP contribution is 2.22. The summed E-state index contributed by atoms with van der Waals surface area (Å²) in [7, 11) is 1.37. The van der Waals surface area contributed by atoms with E-state index in [-0.39, 0.29) is 11.3 Å². The fourth-order valence-corrected chi connectivity index (χ4v) is 1.38. The Morgan fingerprint density at radius 3 is 2.35 bits per heavy atom. The molecule has 6 nitrogen and oxygen atoms in total. The van der Waals surface area contributed by atoms with Gasteiger partial charge in [0.1, 0.15) is 29.7 Å². The number of rotatable bonds is 3. The first-order valence-electron chi connectivity index (χ1n) is 5.31. The number of allylic oxidation sites excluding steroid dienone is 2. The standard InChI is InChI=1S/C13H8FN5O/c1-18-13(20)9-3-2-4-10(14)12(9)19-11(7-17)8(5-15)6-16/h2-4,19H,1H3,(H,18,20). The third-order valence-electron chi connectivity index (χ3n) is 2.32. The van der Waals surface area contributed by atoms with Crippen LogP contribution in [0.2, 0.25) is 0 Å². The molecule has 98 valence electrons. The van der Waals surface area contributed by atoms with Crippen molar-refractivity contribution in [2.45, 2.75) is 0 Å². The molecule has 0 saturated heterocycles. The molecule has 1 rings (SSSR count). The fourth-order valence-electron chi connectivity index (χ4n) is 1.38. The van der Waals surface area contributed by atoms with Crippen LogP contribution in [0.3, 0.4) is 0 Å². The highest BCUT2D eigenvalue weighted by atomic mass is 19.1. The molecule has 20 heavy (non-hydrogen) atoms. The lowest BCUT2D eigenvalue weighted by Gasteiger charge is -2.11. The Balaban J connectivity index is 3.40. The summed E-state index contributed by atoms with van der Waals surface area (Å²) in [5, 5.41) is 31.0. The number of nitrogens with zero attached hydrogens (tertiary/aromatic N) is 3. The molecular weight excluding hydrogens is 261 g/mol. The number of carbonyl (C=O) groups is 1. The largest absolute Gasteiger partial charge is 0.355 e. The summed E-state index contributed by atoms with van der Waals surface area (Å²) in [5.74, 6) is -1.35. The maximum Gasteiger partial charge on any atom is 0.253 e. The topological polar surface area (TPSA) is 112 Å². The van der Waals surface area contributed by atoms with Crippen LogP contribution >= 0.6 is 0 Å². The van der Waals surface area contributed by atoms with Gasteiger partial charge < -0.3 is 10.6 Å². The van der Waals surface area contributed by atoms with Crippen molar-refractivity contribution in [3.63, 3.8) is 0 Å². The van der Waals surface area contributed by atoms with Crippen molar-refractivity contribution in [3.05, 3.63) is 40.8 Å². The van der Waals surface area contributed by atoms with E-state index >= 15 is 0 Å². The molecule has 0 radical (unpaired) electrons. The molecule has 0 aromatic heterocycles. The molecule has 0 aliphatic carbocycles. The fraction of sp³-hybridized carbons (Fsp3) is 0.0769. The predicted octanol–water partition coefficient (Wildman–Crippen LogP) is 1.42. The molecule has 1 aromatic carbocycles. The Bertz CT molecular complexity index is 687. The Hall–Kier alpha value is -3.37. The Kier molecular flexibility index (Phi) is 4.80. The van der Waals surface area contributed by atoms with Gasteiger partial charge in [0.2, 0.25) is 0 Å². The van der Waals surface area contributed by atoms with Crippen LogP contribution in [0.5, 0.6) is 0 Å². The molecule has 0 fully saturated rings. The van der Waals surface area contributed by atoms with Crippen LogP contribution in [0.1, 0.15) is 10.4 Å². The van der Waals surface area contributed by atoms with Crippen molar-refractivity contribution >= 4 is 11.6 Å². The summed E-state index contributed by atoms with van der Waals surface area (Å²) < 4.78 is 13.8. The molecule has 0 bridgehead atoms. The SMILES string of the molecule is CNC(=O)c1cccc(F)c1NC(C#N)=C(C#N)C#N. The van der Waals surface area contributed by atoms with Crippen molar-refractivity contribution in [1.82, 2.24) is 5.32 Å². The number of para-hydroxylation sites is 1. The van der Waals surface area contributed by atoms with E-state index in [0.717, 1.165) is 6.07 Å². The molecule has 0 unspecified atom stereocenters. The van der Waals surface area contributed by atoms with Crippen LogP contribution in [0, 0.1) is 39.8 Å². The number of halogens is 1. The van der Waals surface area contributed by atoms with E-state index in [1.165, 1.54) is 31.3 Å². The van der Waals surface area contributed by atoms with E-state index in [1.54, 1.807) is 6.07 Å². The van der Waals surface area contributed by atoms with Crippen molar-refractivity contribution in [2.24, 2.45) is 0 Å². The van der Waals surface area contributed by atoms with Gasteiger partial charge in [0.05, 0.1) is 11.3 Å². The predicted molar refractivity (Wildman–Crippen MR) is 67.3 cm³/mol. The number of hydrogen-bond donors (Lipinski definition) is 2. The third-order valence-corrected chi connectivity index (χ3v) is 2.32. The van der Waals surface area contributed by atoms with Gasteiger partial charge in [0.25, 0.3) is 5.91 Å². The van der Waals surface area contributed by atoms with Crippen LogP contribution in [-0.2, 0) is 0 Å². The molecule has 2 N–H and O–H groups in total. The quantitative estimate of drug-likeness (QED) is 0.806. The zero-order valence-corrected chi connectivity index (χ0v) is 10.4. The zero-order chi connectivity index (χ0) is 15.1. The van der Waals surface area contributed by atoms with E-state index in [4.69, 9.17) is 15.8 Å². The molecule has 0 aliphatic rings. The smallest absolute Gasteiger partial charge is 0.253 e. The van der Waals surface area contributed by atoms with E-state index in [9.17, 15) is 9.18 Å². The van der Waals surface area contributed by atoms with Crippen molar-refractivity contribution < 1.29 is 9.18 Å². The lowest BCUT2D eigenvalue weighted by Crippen LogP contribution is -2.20. The lowest BCUT2D eigenvalue weighted by molar-refractivity contribution is 0.0963. The van der Waals surface area contributed by atoms with Crippen LogP contribution < -0.4 is 10.6 Å². The minimum absolute atomic E-state index is 0.0459. The average Bonchev–Trinajstić information content (AvgIpc) is 2.47. The number of benzene rings is 1. The van der Waals surface area contributed by atoms with Crippen molar-refractivity contribution in [3.8, 4) is 18.2 Å². The first-order valence-corrected chi connectivity index (χ1v) is 5.31. The molecule has 0 saturated carbocycles. The van der Waals surface area contributed by atoms with Crippen LogP contribution in [-0.4, -0.2) is 13.0 Å². The van der Waals surface area contributed by atoms with Crippen LogP contribution in [0.15, 0.2) is 29.5 Å². The third kappa shape index (κ3) is 2.90. The van der Waals surface area contributed by atoms with Gasteiger partial charge in [-0.3, -0.25) is 4.79 Å². The summed E-state index contributed by atoms with van der Waals surface area (Å²) in [5.41, 5.74) is -1.24. The Labute approximate surface area is 114 Å². The van der Waals surface area contributed by atoms with Crippen molar-refractivity contribution in [2.75, 3.05) is 12.4 Å². The normalized spacial score (nSPS) is 8.55. The number of nitriles is 3. The van der Waals surface area contributed by atoms with Gasteiger partial charge >= 0.3 is 0 Å². The first-order chi connectivity index (χ1) is 9.58. The highest BCUT2D eigenvalue weighted by Gasteiger charge is 2.16. The number of nitrogens with one attached hydrogen (secondary N) is 2. The van der Waals surface area contributed by atoms with Crippen molar-refractivity contribution in [1.29, 1.82) is 15.8 Å². The van der Waals surface area contributed by atoms with Crippen LogP contribution in [0.4, 0.5) is 10.1 Å². The minimum Gasteiger partial charge on any atom is -0.355 e. The first kappa shape index (κ1) is 14.7. The van der Waals surface area contributed by atoms with Gasteiger partial charge in [-0.2, -0.15) is 15.8 Å². The van der Waals surface area contributed by atoms with E-state index in [2.05, 4.69) is 10.6 Å². The maximum atomic E-state index is 13.8. The number of amides is 1. The van der Waals surface area contributed by atoms with Crippen LogP contribution in [0.25, 0.3) is 0 Å². The van der Waals surface area contributed by atoms with E-state index in [1.807, 2.05) is 0 Å². The molecule has 1 aromatic rings. The zero-order valence-electron chi connectivity index (χ0n) is 10.4.